The lowest BCUT2D eigenvalue weighted by atomic mass is 10.2. The van der Waals surface area contributed by atoms with E-state index in [1.165, 1.54) is 0 Å². The lowest BCUT2D eigenvalue weighted by Gasteiger charge is -2.18. The number of hydrogen-bond acceptors (Lipinski definition) is 2. The van der Waals surface area contributed by atoms with E-state index in [-0.39, 0.29) is 6.03 Å². The van der Waals surface area contributed by atoms with Gasteiger partial charge in [-0.25, -0.2) is 4.79 Å². The Kier molecular flexibility index (Phi) is 4.96. The monoisotopic (exact) mass is 289 g/mol. The van der Waals surface area contributed by atoms with Crippen LogP contribution in [0.25, 0.3) is 0 Å². The molecular formula is C15H16ClN3O. The molecule has 0 aliphatic rings. The minimum absolute atomic E-state index is 0.157. The summed E-state index contributed by atoms with van der Waals surface area (Å²) in [7, 11) is 1.73. The first-order valence-electron chi connectivity index (χ1n) is 6.29. The molecule has 5 heteroatoms. The molecular weight excluding hydrogens is 274 g/mol. The van der Waals surface area contributed by atoms with Crippen LogP contribution in [0.1, 0.15) is 11.3 Å². The van der Waals surface area contributed by atoms with Crippen molar-refractivity contribution in [2.45, 2.75) is 13.1 Å². The number of nitrogens with zero attached hydrogens (tertiary/aromatic N) is 2. The van der Waals surface area contributed by atoms with Gasteiger partial charge in [0.15, 0.2) is 0 Å². The Balaban J connectivity index is 1.88. The second-order valence-corrected chi connectivity index (χ2v) is 4.83. The van der Waals surface area contributed by atoms with E-state index in [4.69, 9.17) is 11.6 Å². The highest BCUT2D eigenvalue weighted by Gasteiger charge is 2.10. The van der Waals surface area contributed by atoms with Crippen LogP contribution in [0.15, 0.2) is 48.7 Å². The van der Waals surface area contributed by atoms with Crippen molar-refractivity contribution in [1.29, 1.82) is 0 Å². The standard InChI is InChI=1S/C15H16ClN3O/c1-19(11-12-6-2-3-8-14(12)16)15(20)18-10-13-7-4-5-9-17-13/h2-9H,10-11H2,1H3,(H,18,20). The maximum atomic E-state index is 12.0. The zero-order chi connectivity index (χ0) is 14.4. The summed E-state index contributed by atoms with van der Waals surface area (Å²) in [5.41, 5.74) is 1.75. The van der Waals surface area contributed by atoms with Crippen LogP contribution >= 0.6 is 11.6 Å². The number of carbonyl (C=O) groups excluding carboxylic acids is 1. The van der Waals surface area contributed by atoms with Gasteiger partial charge in [-0.3, -0.25) is 4.98 Å². The minimum atomic E-state index is -0.157. The SMILES string of the molecule is CN(Cc1ccccc1Cl)C(=O)NCc1ccccn1. The summed E-state index contributed by atoms with van der Waals surface area (Å²) in [5, 5.41) is 3.48. The molecule has 0 saturated carbocycles. The van der Waals surface area contributed by atoms with Gasteiger partial charge in [0.25, 0.3) is 0 Å². The molecule has 1 aromatic carbocycles. The van der Waals surface area contributed by atoms with E-state index in [1.54, 1.807) is 18.1 Å². The van der Waals surface area contributed by atoms with Gasteiger partial charge in [-0.05, 0) is 23.8 Å². The molecule has 0 aliphatic carbocycles. The van der Waals surface area contributed by atoms with Crippen LogP contribution in [-0.2, 0) is 13.1 Å². The Labute approximate surface area is 123 Å². The van der Waals surface area contributed by atoms with E-state index >= 15 is 0 Å². The molecule has 0 radical (unpaired) electrons. The van der Waals surface area contributed by atoms with Gasteiger partial charge in [-0.15, -0.1) is 0 Å². The molecule has 0 saturated heterocycles. The highest BCUT2D eigenvalue weighted by Crippen LogP contribution is 2.16. The van der Waals surface area contributed by atoms with E-state index in [1.807, 2.05) is 42.5 Å². The fraction of sp³-hybridized carbons (Fsp3) is 0.200. The normalized spacial score (nSPS) is 10.1. The Morgan fingerprint density at radius 2 is 2.00 bits per heavy atom. The van der Waals surface area contributed by atoms with Crippen LogP contribution in [0.4, 0.5) is 4.79 Å². The lowest BCUT2D eigenvalue weighted by Crippen LogP contribution is -2.36. The summed E-state index contributed by atoms with van der Waals surface area (Å²) in [5.74, 6) is 0. The molecule has 0 bridgehead atoms. The number of carbonyl (C=O) groups is 1. The van der Waals surface area contributed by atoms with Gasteiger partial charge in [0.2, 0.25) is 0 Å². The Bertz CT molecular complexity index is 574. The van der Waals surface area contributed by atoms with E-state index < -0.39 is 0 Å². The fourth-order valence-corrected chi connectivity index (χ4v) is 1.95. The lowest BCUT2D eigenvalue weighted by molar-refractivity contribution is 0.206. The van der Waals surface area contributed by atoms with Gasteiger partial charge < -0.3 is 10.2 Å². The molecule has 1 heterocycles. The number of benzene rings is 1. The first-order chi connectivity index (χ1) is 9.66. The van der Waals surface area contributed by atoms with Crippen LogP contribution in [-0.4, -0.2) is 23.0 Å². The van der Waals surface area contributed by atoms with Crippen molar-refractivity contribution in [3.63, 3.8) is 0 Å². The average molecular weight is 290 g/mol. The van der Waals surface area contributed by atoms with Crippen LogP contribution in [0, 0.1) is 0 Å². The first-order valence-corrected chi connectivity index (χ1v) is 6.67. The molecule has 0 atom stereocenters. The van der Waals surface area contributed by atoms with Crippen molar-refractivity contribution in [2.24, 2.45) is 0 Å². The molecule has 0 spiro atoms. The maximum absolute atomic E-state index is 12.0. The molecule has 0 fully saturated rings. The van der Waals surface area contributed by atoms with Gasteiger partial charge in [-0.1, -0.05) is 35.9 Å². The number of nitrogens with one attached hydrogen (secondary N) is 1. The van der Waals surface area contributed by atoms with Gasteiger partial charge in [-0.2, -0.15) is 0 Å². The summed E-state index contributed by atoms with van der Waals surface area (Å²) in [4.78, 5) is 17.7. The van der Waals surface area contributed by atoms with Gasteiger partial charge in [0, 0.05) is 24.8 Å². The fourth-order valence-electron chi connectivity index (χ4n) is 1.76. The number of rotatable bonds is 4. The zero-order valence-corrected chi connectivity index (χ0v) is 12.0. The molecule has 2 amide bonds. The average Bonchev–Trinajstić information content (AvgIpc) is 2.48. The third-order valence-electron chi connectivity index (χ3n) is 2.86. The quantitative estimate of drug-likeness (QED) is 0.940. The second-order valence-electron chi connectivity index (χ2n) is 4.43. The summed E-state index contributed by atoms with van der Waals surface area (Å²) < 4.78 is 0. The van der Waals surface area contributed by atoms with Crippen molar-refractivity contribution >= 4 is 17.6 Å². The number of amides is 2. The third kappa shape index (κ3) is 3.96. The van der Waals surface area contributed by atoms with Crippen molar-refractivity contribution in [3.05, 3.63) is 64.9 Å². The molecule has 0 unspecified atom stereocenters. The van der Waals surface area contributed by atoms with Crippen molar-refractivity contribution < 1.29 is 4.79 Å². The molecule has 104 valence electrons. The summed E-state index contributed by atoms with van der Waals surface area (Å²) in [6.07, 6.45) is 1.70. The predicted octanol–water partition coefficient (Wildman–Crippen LogP) is 3.08. The molecule has 1 aromatic heterocycles. The summed E-state index contributed by atoms with van der Waals surface area (Å²) in [6.45, 7) is 0.875. The highest BCUT2D eigenvalue weighted by molar-refractivity contribution is 6.31. The summed E-state index contributed by atoms with van der Waals surface area (Å²) in [6, 6.07) is 12.9. The van der Waals surface area contributed by atoms with Crippen molar-refractivity contribution in [3.8, 4) is 0 Å². The number of halogens is 1. The molecule has 2 rings (SSSR count). The van der Waals surface area contributed by atoms with Crippen LogP contribution in [0.3, 0.4) is 0 Å². The first kappa shape index (κ1) is 14.3. The third-order valence-corrected chi connectivity index (χ3v) is 3.23. The molecule has 0 aliphatic heterocycles. The zero-order valence-electron chi connectivity index (χ0n) is 11.2. The van der Waals surface area contributed by atoms with Crippen LogP contribution < -0.4 is 5.32 Å². The van der Waals surface area contributed by atoms with E-state index in [9.17, 15) is 4.79 Å². The Morgan fingerprint density at radius 3 is 2.70 bits per heavy atom. The Morgan fingerprint density at radius 1 is 1.25 bits per heavy atom. The number of pyridine rings is 1. The number of aromatic nitrogens is 1. The second kappa shape index (κ2) is 6.91. The minimum Gasteiger partial charge on any atom is -0.332 e. The Hall–Kier alpha value is -2.07. The largest absolute Gasteiger partial charge is 0.332 e. The molecule has 4 nitrogen and oxygen atoms in total. The van der Waals surface area contributed by atoms with Crippen LogP contribution in [0.5, 0.6) is 0 Å². The van der Waals surface area contributed by atoms with Crippen molar-refractivity contribution in [2.75, 3.05) is 7.05 Å². The van der Waals surface area contributed by atoms with E-state index in [2.05, 4.69) is 10.3 Å². The molecule has 20 heavy (non-hydrogen) atoms. The van der Waals surface area contributed by atoms with Crippen LogP contribution in [0.2, 0.25) is 5.02 Å². The smallest absolute Gasteiger partial charge is 0.317 e. The summed E-state index contributed by atoms with van der Waals surface area (Å²) >= 11 is 6.08. The predicted molar refractivity (Wildman–Crippen MR) is 79.4 cm³/mol. The van der Waals surface area contributed by atoms with Crippen molar-refractivity contribution in [1.82, 2.24) is 15.2 Å². The molecule has 2 aromatic rings. The highest BCUT2D eigenvalue weighted by atomic mass is 35.5. The van der Waals surface area contributed by atoms with Gasteiger partial charge in [0.1, 0.15) is 0 Å². The van der Waals surface area contributed by atoms with Gasteiger partial charge in [0.05, 0.1) is 12.2 Å². The topological polar surface area (TPSA) is 45.2 Å². The van der Waals surface area contributed by atoms with E-state index in [0.717, 1.165) is 11.3 Å². The van der Waals surface area contributed by atoms with E-state index in [0.29, 0.717) is 18.1 Å². The molecule has 1 N–H and O–H groups in total. The number of hydrogen-bond donors (Lipinski definition) is 1. The maximum Gasteiger partial charge on any atom is 0.317 e. The number of urea groups is 1. The van der Waals surface area contributed by atoms with Gasteiger partial charge >= 0.3 is 6.03 Å².